The van der Waals surface area contributed by atoms with Gasteiger partial charge in [-0.2, -0.15) is 0 Å². The van der Waals surface area contributed by atoms with Gasteiger partial charge in [0.25, 0.3) is 0 Å². The van der Waals surface area contributed by atoms with Crippen LogP contribution in [0.2, 0.25) is 0 Å². The van der Waals surface area contributed by atoms with E-state index in [1.165, 1.54) is 0 Å². The second-order valence-electron chi connectivity index (χ2n) is 1.83. The third-order valence-electron chi connectivity index (χ3n) is 0.568. The summed E-state index contributed by atoms with van der Waals surface area (Å²) in [7, 11) is 0. The predicted octanol–water partition coefficient (Wildman–Crippen LogP) is 1.35. The van der Waals surface area contributed by atoms with Gasteiger partial charge < -0.3 is 0 Å². The molecule has 0 aliphatic heterocycles. The second-order valence-corrected chi connectivity index (χ2v) is 1.83. The zero-order valence-corrected chi connectivity index (χ0v) is 7.73. The largest absolute Gasteiger partial charge is 0.258 e. The maximum atomic E-state index is 3.05. The minimum absolute atomic E-state index is 0. The van der Waals surface area contributed by atoms with Crippen molar-refractivity contribution in [3.05, 3.63) is 0 Å². The topological polar surface area (TPSA) is 24.1 Å². The van der Waals surface area contributed by atoms with Crippen LogP contribution in [-0.4, -0.2) is 12.6 Å². The van der Waals surface area contributed by atoms with Gasteiger partial charge in [0.05, 0.1) is 0 Å². The molecule has 9 heavy (non-hydrogen) atoms. The minimum Gasteiger partial charge on any atom is -0.258 e. The van der Waals surface area contributed by atoms with E-state index in [2.05, 4.69) is 31.6 Å². The fourth-order valence-corrected chi connectivity index (χ4v) is 0.306. The first-order valence-electron chi connectivity index (χ1n) is 2.75. The number of rotatable bonds is 3. The van der Waals surface area contributed by atoms with E-state index in [1.807, 2.05) is 0 Å². The van der Waals surface area contributed by atoms with Crippen LogP contribution < -0.4 is 10.9 Å². The summed E-state index contributed by atoms with van der Waals surface area (Å²) in [4.78, 5) is 0. The van der Waals surface area contributed by atoms with E-state index in [9.17, 15) is 0 Å². The molecule has 0 rings (SSSR count). The molecule has 0 radical (unpaired) electrons. The summed E-state index contributed by atoms with van der Waals surface area (Å²) < 4.78 is 0. The van der Waals surface area contributed by atoms with Gasteiger partial charge in [-0.1, -0.05) is 6.92 Å². The van der Waals surface area contributed by atoms with Crippen LogP contribution in [0.3, 0.4) is 0 Å². The van der Waals surface area contributed by atoms with Gasteiger partial charge in [-0.3, -0.25) is 10.9 Å². The third-order valence-corrected chi connectivity index (χ3v) is 0.568. The molecule has 0 bridgehead atoms. The van der Waals surface area contributed by atoms with Crippen LogP contribution in [-0.2, 0) is 0 Å². The Morgan fingerprint density at radius 1 is 1.22 bits per heavy atom. The molecule has 0 atom stereocenters. The molecule has 0 aliphatic carbocycles. The SMILES string of the molecule is CCNNC(C)C.Cl.Cl. The first-order valence-corrected chi connectivity index (χ1v) is 2.75. The Morgan fingerprint density at radius 2 is 1.67 bits per heavy atom. The molecule has 0 saturated carbocycles. The molecule has 0 fully saturated rings. The van der Waals surface area contributed by atoms with Crippen molar-refractivity contribution in [2.45, 2.75) is 26.8 Å². The zero-order chi connectivity index (χ0) is 5.70. The van der Waals surface area contributed by atoms with E-state index in [1.54, 1.807) is 0 Å². The van der Waals surface area contributed by atoms with Crippen LogP contribution in [0, 0.1) is 0 Å². The molecular weight excluding hydrogens is 159 g/mol. The van der Waals surface area contributed by atoms with Crippen molar-refractivity contribution in [1.82, 2.24) is 10.9 Å². The number of hydrogen-bond acceptors (Lipinski definition) is 2. The Labute approximate surface area is 69.6 Å². The maximum absolute atomic E-state index is 3.05. The van der Waals surface area contributed by atoms with E-state index in [0.717, 1.165) is 6.54 Å². The van der Waals surface area contributed by atoms with Crippen molar-refractivity contribution in [3.63, 3.8) is 0 Å². The van der Waals surface area contributed by atoms with Gasteiger partial charge in [0, 0.05) is 12.6 Å². The van der Waals surface area contributed by atoms with Crippen LogP contribution in [0.15, 0.2) is 0 Å². The van der Waals surface area contributed by atoms with Crippen LogP contribution >= 0.6 is 24.8 Å². The lowest BCUT2D eigenvalue weighted by Crippen LogP contribution is -2.36. The Balaban J connectivity index is -0.000000180. The molecule has 0 aliphatic rings. The molecule has 2 nitrogen and oxygen atoms in total. The normalized spacial score (nSPS) is 8.00. The summed E-state index contributed by atoms with van der Waals surface area (Å²) in [5.41, 5.74) is 6.04. The van der Waals surface area contributed by atoms with Crippen molar-refractivity contribution in [3.8, 4) is 0 Å². The lowest BCUT2D eigenvalue weighted by atomic mass is 10.4. The van der Waals surface area contributed by atoms with Crippen molar-refractivity contribution in [1.29, 1.82) is 0 Å². The molecule has 4 heteroatoms. The smallest absolute Gasteiger partial charge is 0.0156 e. The van der Waals surface area contributed by atoms with Crippen LogP contribution in [0.4, 0.5) is 0 Å². The van der Waals surface area contributed by atoms with E-state index < -0.39 is 0 Å². The first kappa shape index (κ1) is 16.2. The van der Waals surface area contributed by atoms with E-state index in [0.29, 0.717) is 6.04 Å². The van der Waals surface area contributed by atoms with E-state index in [4.69, 9.17) is 0 Å². The number of hydrogen-bond donors (Lipinski definition) is 2. The average molecular weight is 175 g/mol. The van der Waals surface area contributed by atoms with Crippen molar-refractivity contribution in [2.24, 2.45) is 0 Å². The summed E-state index contributed by atoms with van der Waals surface area (Å²) in [6.45, 7) is 7.25. The van der Waals surface area contributed by atoms with Gasteiger partial charge in [0.15, 0.2) is 0 Å². The molecule has 60 valence electrons. The molecule has 0 spiro atoms. The molecule has 0 amide bonds. The van der Waals surface area contributed by atoms with Crippen molar-refractivity contribution < 1.29 is 0 Å². The lowest BCUT2D eigenvalue weighted by molar-refractivity contribution is 0.486. The molecule has 0 unspecified atom stereocenters. The Morgan fingerprint density at radius 3 is 1.78 bits per heavy atom. The molecule has 0 heterocycles. The minimum atomic E-state index is 0. The lowest BCUT2D eigenvalue weighted by Gasteiger charge is -2.05. The van der Waals surface area contributed by atoms with Crippen molar-refractivity contribution >= 4 is 24.8 Å². The molecular formula is C5H16Cl2N2. The van der Waals surface area contributed by atoms with Gasteiger partial charge >= 0.3 is 0 Å². The highest BCUT2D eigenvalue weighted by Crippen LogP contribution is 1.68. The summed E-state index contributed by atoms with van der Waals surface area (Å²) >= 11 is 0. The van der Waals surface area contributed by atoms with E-state index >= 15 is 0 Å². The molecule has 0 aromatic carbocycles. The number of hydrazine groups is 1. The summed E-state index contributed by atoms with van der Waals surface area (Å²) in [5.74, 6) is 0. The molecule has 2 N–H and O–H groups in total. The van der Waals surface area contributed by atoms with Crippen LogP contribution in [0.25, 0.3) is 0 Å². The highest BCUT2D eigenvalue weighted by molar-refractivity contribution is 5.85. The number of nitrogens with one attached hydrogen (secondary N) is 2. The molecule has 0 aromatic rings. The zero-order valence-electron chi connectivity index (χ0n) is 6.10. The van der Waals surface area contributed by atoms with Gasteiger partial charge in [-0.15, -0.1) is 24.8 Å². The highest BCUT2D eigenvalue weighted by Gasteiger charge is 1.84. The fourth-order valence-electron chi connectivity index (χ4n) is 0.306. The monoisotopic (exact) mass is 174 g/mol. The maximum Gasteiger partial charge on any atom is 0.0156 e. The quantitative estimate of drug-likeness (QED) is 0.632. The Hall–Kier alpha value is 0.500. The summed E-state index contributed by atoms with van der Waals surface area (Å²) in [5, 5.41) is 0. The van der Waals surface area contributed by atoms with Crippen LogP contribution in [0.1, 0.15) is 20.8 Å². The summed E-state index contributed by atoms with van der Waals surface area (Å²) in [6, 6.07) is 0.542. The van der Waals surface area contributed by atoms with Crippen LogP contribution in [0.5, 0.6) is 0 Å². The summed E-state index contributed by atoms with van der Waals surface area (Å²) in [6.07, 6.45) is 0. The van der Waals surface area contributed by atoms with Gasteiger partial charge in [-0.05, 0) is 13.8 Å². The van der Waals surface area contributed by atoms with Gasteiger partial charge in [0.2, 0.25) is 0 Å². The van der Waals surface area contributed by atoms with E-state index in [-0.39, 0.29) is 24.8 Å². The third kappa shape index (κ3) is 17.7. The van der Waals surface area contributed by atoms with Crippen molar-refractivity contribution in [2.75, 3.05) is 6.54 Å². The highest BCUT2D eigenvalue weighted by atomic mass is 35.5. The van der Waals surface area contributed by atoms with Gasteiger partial charge in [0.1, 0.15) is 0 Å². The first-order chi connectivity index (χ1) is 3.27. The predicted molar refractivity (Wildman–Crippen MR) is 46.4 cm³/mol. The Kier molecular flexibility index (Phi) is 20.4. The molecule has 0 saturated heterocycles. The van der Waals surface area contributed by atoms with Gasteiger partial charge in [-0.25, -0.2) is 0 Å². The molecule has 0 aromatic heterocycles. The second kappa shape index (κ2) is 11.3. The number of halogens is 2. The average Bonchev–Trinajstić information content (AvgIpc) is 1.61. The standard InChI is InChI=1S/C5H14N2.2ClH/c1-4-6-7-5(2)3;;/h5-7H,4H2,1-3H3;2*1H. The Bertz CT molecular complexity index is 41.9. The fraction of sp³-hybridized carbons (Fsp3) is 1.00.